The predicted molar refractivity (Wildman–Crippen MR) is 77.8 cm³/mol. The second-order valence-corrected chi connectivity index (χ2v) is 5.03. The van der Waals surface area contributed by atoms with Crippen LogP contribution in [0.15, 0.2) is 30.5 Å². The Morgan fingerprint density at radius 2 is 2.00 bits per heavy atom. The zero-order chi connectivity index (χ0) is 14.4. The van der Waals surface area contributed by atoms with Crippen LogP contribution in [0.1, 0.15) is 16.8 Å². The number of halogens is 1. The summed E-state index contributed by atoms with van der Waals surface area (Å²) in [5.74, 6) is -0.195. The number of likely N-dealkylation sites (N-methyl/N-ethyl adjacent to an activating group) is 1. The van der Waals surface area contributed by atoms with Gasteiger partial charge in [-0.05, 0) is 37.6 Å². The zero-order valence-electron chi connectivity index (χ0n) is 11.8. The van der Waals surface area contributed by atoms with Gasteiger partial charge in [-0.25, -0.2) is 4.39 Å². The molecule has 0 spiro atoms. The molecule has 0 atom stereocenters. The van der Waals surface area contributed by atoms with Crippen LogP contribution in [0.2, 0.25) is 0 Å². The van der Waals surface area contributed by atoms with E-state index in [0.717, 1.165) is 37.2 Å². The summed E-state index contributed by atoms with van der Waals surface area (Å²) in [5.41, 5.74) is 9.01. The molecule has 1 aromatic carbocycles. The van der Waals surface area contributed by atoms with Crippen LogP contribution in [-0.4, -0.2) is 35.2 Å². The van der Waals surface area contributed by atoms with Crippen LogP contribution in [0.25, 0.3) is 0 Å². The Kier molecular flexibility index (Phi) is 5.26. The van der Waals surface area contributed by atoms with E-state index in [-0.39, 0.29) is 5.82 Å². The highest BCUT2D eigenvalue weighted by atomic mass is 19.1. The molecule has 1 aromatic heterocycles. The molecule has 1 heterocycles. The molecule has 0 aliphatic rings. The second-order valence-electron chi connectivity index (χ2n) is 5.03. The molecule has 0 fully saturated rings. The number of rotatable bonds is 7. The normalized spacial score (nSPS) is 11.2. The van der Waals surface area contributed by atoms with E-state index in [2.05, 4.69) is 15.1 Å². The minimum Gasteiger partial charge on any atom is -0.329 e. The molecule has 108 valence electrons. The fourth-order valence-electron chi connectivity index (χ4n) is 2.20. The monoisotopic (exact) mass is 276 g/mol. The van der Waals surface area contributed by atoms with Crippen LogP contribution < -0.4 is 5.73 Å². The van der Waals surface area contributed by atoms with Gasteiger partial charge in [0.1, 0.15) is 5.82 Å². The maximum Gasteiger partial charge on any atom is 0.123 e. The van der Waals surface area contributed by atoms with Gasteiger partial charge in [0.25, 0.3) is 0 Å². The highest BCUT2D eigenvalue weighted by Gasteiger charge is 2.08. The van der Waals surface area contributed by atoms with Gasteiger partial charge in [0, 0.05) is 30.9 Å². The molecule has 0 bridgehead atoms. The van der Waals surface area contributed by atoms with Gasteiger partial charge in [-0.3, -0.25) is 5.10 Å². The highest BCUT2D eigenvalue weighted by molar-refractivity contribution is 5.21. The minimum atomic E-state index is -0.195. The minimum absolute atomic E-state index is 0.195. The molecule has 0 aliphatic heterocycles. The van der Waals surface area contributed by atoms with E-state index in [0.29, 0.717) is 6.54 Å². The van der Waals surface area contributed by atoms with Crippen molar-refractivity contribution in [2.75, 3.05) is 20.1 Å². The highest BCUT2D eigenvalue weighted by Crippen LogP contribution is 2.12. The predicted octanol–water partition coefficient (Wildman–Crippen LogP) is 1.72. The topological polar surface area (TPSA) is 57.9 Å². The first-order valence-corrected chi connectivity index (χ1v) is 6.83. The molecule has 20 heavy (non-hydrogen) atoms. The lowest BCUT2D eigenvalue weighted by Gasteiger charge is -2.15. The van der Waals surface area contributed by atoms with E-state index in [9.17, 15) is 4.39 Å². The lowest BCUT2D eigenvalue weighted by molar-refractivity contribution is 0.335. The quantitative estimate of drug-likeness (QED) is 0.809. The van der Waals surface area contributed by atoms with Gasteiger partial charge in [0.2, 0.25) is 0 Å². The van der Waals surface area contributed by atoms with Crippen LogP contribution >= 0.6 is 0 Å². The van der Waals surface area contributed by atoms with Crippen molar-refractivity contribution in [3.05, 3.63) is 53.1 Å². The van der Waals surface area contributed by atoms with Crippen molar-refractivity contribution in [2.24, 2.45) is 5.73 Å². The molecular formula is C15H21FN4. The zero-order valence-corrected chi connectivity index (χ0v) is 11.8. The first-order chi connectivity index (χ1) is 9.69. The number of aromatic amines is 1. The van der Waals surface area contributed by atoms with Crippen molar-refractivity contribution in [3.8, 4) is 0 Å². The van der Waals surface area contributed by atoms with E-state index in [1.807, 2.05) is 25.4 Å². The van der Waals surface area contributed by atoms with Gasteiger partial charge in [-0.2, -0.15) is 5.10 Å². The van der Waals surface area contributed by atoms with Gasteiger partial charge < -0.3 is 10.6 Å². The van der Waals surface area contributed by atoms with Crippen LogP contribution in [0.4, 0.5) is 4.39 Å². The summed E-state index contributed by atoms with van der Waals surface area (Å²) in [5, 5.41) is 7.17. The van der Waals surface area contributed by atoms with E-state index in [1.54, 1.807) is 0 Å². The number of nitrogens with two attached hydrogens (primary N) is 1. The lowest BCUT2D eigenvalue weighted by atomic mass is 10.1. The molecule has 0 saturated carbocycles. The molecule has 5 heteroatoms. The van der Waals surface area contributed by atoms with Crippen molar-refractivity contribution in [3.63, 3.8) is 0 Å². The molecule has 0 amide bonds. The maximum absolute atomic E-state index is 12.8. The van der Waals surface area contributed by atoms with Gasteiger partial charge in [-0.1, -0.05) is 12.1 Å². The first kappa shape index (κ1) is 14.7. The number of aromatic nitrogens is 2. The second kappa shape index (κ2) is 7.17. The van der Waals surface area contributed by atoms with Crippen LogP contribution in [0.3, 0.4) is 0 Å². The maximum atomic E-state index is 12.8. The van der Waals surface area contributed by atoms with Crippen LogP contribution in [0.5, 0.6) is 0 Å². The third kappa shape index (κ3) is 4.15. The number of nitrogens with zero attached hydrogens (tertiary/aromatic N) is 2. The van der Waals surface area contributed by atoms with Crippen LogP contribution in [-0.2, 0) is 19.4 Å². The lowest BCUT2D eigenvalue weighted by Crippen LogP contribution is -2.25. The molecule has 2 rings (SSSR count). The largest absolute Gasteiger partial charge is 0.329 e. The Morgan fingerprint density at radius 3 is 2.70 bits per heavy atom. The third-order valence-corrected chi connectivity index (χ3v) is 3.34. The molecular weight excluding hydrogens is 255 g/mol. The summed E-state index contributed by atoms with van der Waals surface area (Å²) < 4.78 is 12.8. The number of H-pyrrole nitrogens is 1. The molecule has 4 nitrogen and oxygen atoms in total. The van der Waals surface area contributed by atoms with Crippen molar-refractivity contribution < 1.29 is 4.39 Å². The SMILES string of the molecule is CN(CCN)Cc1cn[nH]c1CCc1ccc(F)cc1. The van der Waals surface area contributed by atoms with E-state index in [1.165, 1.54) is 17.7 Å². The fraction of sp³-hybridized carbons (Fsp3) is 0.400. The number of hydrogen-bond donors (Lipinski definition) is 2. The fourth-order valence-corrected chi connectivity index (χ4v) is 2.20. The summed E-state index contributed by atoms with van der Waals surface area (Å²) >= 11 is 0. The van der Waals surface area contributed by atoms with Gasteiger partial charge >= 0.3 is 0 Å². The Morgan fingerprint density at radius 1 is 1.25 bits per heavy atom. The smallest absolute Gasteiger partial charge is 0.123 e. The summed E-state index contributed by atoms with van der Waals surface area (Å²) in [6, 6.07) is 6.65. The molecule has 3 N–H and O–H groups in total. The summed E-state index contributed by atoms with van der Waals surface area (Å²) in [7, 11) is 2.05. The number of aryl methyl sites for hydroxylation is 2. The Balaban J connectivity index is 1.93. The van der Waals surface area contributed by atoms with E-state index in [4.69, 9.17) is 5.73 Å². The van der Waals surface area contributed by atoms with Crippen molar-refractivity contribution in [2.45, 2.75) is 19.4 Å². The molecule has 0 radical (unpaired) electrons. The van der Waals surface area contributed by atoms with Crippen molar-refractivity contribution in [1.82, 2.24) is 15.1 Å². The Labute approximate surface area is 118 Å². The van der Waals surface area contributed by atoms with E-state index >= 15 is 0 Å². The average Bonchev–Trinajstić information content (AvgIpc) is 2.86. The number of benzene rings is 1. The first-order valence-electron chi connectivity index (χ1n) is 6.83. The Hall–Kier alpha value is -1.72. The van der Waals surface area contributed by atoms with Crippen molar-refractivity contribution in [1.29, 1.82) is 0 Å². The summed E-state index contributed by atoms with van der Waals surface area (Å²) in [6.07, 6.45) is 3.61. The van der Waals surface area contributed by atoms with E-state index < -0.39 is 0 Å². The summed E-state index contributed by atoms with van der Waals surface area (Å²) in [6.45, 7) is 2.36. The van der Waals surface area contributed by atoms with Gasteiger partial charge in [0.15, 0.2) is 0 Å². The third-order valence-electron chi connectivity index (χ3n) is 3.34. The van der Waals surface area contributed by atoms with Gasteiger partial charge in [-0.15, -0.1) is 0 Å². The number of nitrogens with one attached hydrogen (secondary N) is 1. The van der Waals surface area contributed by atoms with Crippen LogP contribution in [0, 0.1) is 5.82 Å². The molecule has 0 aliphatic carbocycles. The Bertz CT molecular complexity index is 521. The number of hydrogen-bond acceptors (Lipinski definition) is 3. The molecule has 2 aromatic rings. The molecule has 0 unspecified atom stereocenters. The van der Waals surface area contributed by atoms with Crippen molar-refractivity contribution >= 4 is 0 Å². The van der Waals surface area contributed by atoms with Gasteiger partial charge in [0.05, 0.1) is 6.20 Å². The standard InChI is InChI=1S/C15H21FN4/c1-20(9-8-17)11-13-10-18-19-15(13)7-4-12-2-5-14(16)6-3-12/h2-3,5-6,10H,4,7-9,11,17H2,1H3,(H,18,19). The average molecular weight is 276 g/mol. The summed E-state index contributed by atoms with van der Waals surface area (Å²) in [4.78, 5) is 2.17. The molecule has 0 saturated heterocycles.